The maximum Gasteiger partial charge on any atom is 0.236 e. The van der Waals surface area contributed by atoms with Crippen LogP contribution < -0.4 is 4.90 Å². The van der Waals surface area contributed by atoms with Crippen LogP contribution in [0.2, 0.25) is 0 Å². The number of alkyl halides is 1. The van der Waals surface area contributed by atoms with Crippen molar-refractivity contribution in [1.29, 1.82) is 0 Å². The Morgan fingerprint density at radius 2 is 1.86 bits per heavy atom. The Balaban J connectivity index is 1.72. The van der Waals surface area contributed by atoms with Gasteiger partial charge in [0.05, 0.1) is 10.3 Å². The molecule has 1 unspecified atom stereocenters. The van der Waals surface area contributed by atoms with Crippen LogP contribution >= 0.6 is 15.9 Å². The number of para-hydroxylation sites is 1. The summed E-state index contributed by atoms with van der Waals surface area (Å²) in [7, 11) is 0. The fourth-order valence-electron chi connectivity index (χ4n) is 2.64. The van der Waals surface area contributed by atoms with Gasteiger partial charge in [-0.2, -0.15) is 0 Å². The molecular formula is C16H18BrN3O. The summed E-state index contributed by atoms with van der Waals surface area (Å²) >= 11 is 3.35. The Kier molecular flexibility index (Phi) is 4.10. The lowest BCUT2D eigenvalue weighted by Crippen LogP contribution is -2.50. The Hall–Kier alpha value is -1.62. The molecule has 0 radical (unpaired) electrons. The standard InChI is InChI=1S/C16H18BrN3O/c1-12(17)16(21)20-10-8-19(9-11-20)15-7-6-13-4-2-3-5-14(13)18-15/h2-7,12H,8-11H2,1H3. The summed E-state index contributed by atoms with van der Waals surface area (Å²) in [6.45, 7) is 5.04. The highest BCUT2D eigenvalue weighted by molar-refractivity contribution is 9.10. The number of benzene rings is 1. The van der Waals surface area contributed by atoms with Crippen molar-refractivity contribution in [3.63, 3.8) is 0 Å². The quantitative estimate of drug-likeness (QED) is 0.783. The predicted octanol–water partition coefficient (Wildman–Crippen LogP) is 2.67. The SMILES string of the molecule is CC(Br)C(=O)N1CCN(c2ccc3ccccc3n2)CC1. The summed E-state index contributed by atoms with van der Waals surface area (Å²) in [6, 6.07) is 12.3. The van der Waals surface area contributed by atoms with Gasteiger partial charge in [-0.1, -0.05) is 34.1 Å². The second-order valence-electron chi connectivity index (χ2n) is 5.29. The minimum absolute atomic E-state index is 0.108. The molecule has 1 aromatic heterocycles. The molecule has 1 aromatic carbocycles. The minimum Gasteiger partial charge on any atom is -0.353 e. The van der Waals surface area contributed by atoms with Crippen molar-refractivity contribution in [3.8, 4) is 0 Å². The molecule has 0 aliphatic carbocycles. The Labute approximate surface area is 132 Å². The molecule has 110 valence electrons. The number of amides is 1. The van der Waals surface area contributed by atoms with Crippen molar-refractivity contribution in [2.45, 2.75) is 11.8 Å². The van der Waals surface area contributed by atoms with Gasteiger partial charge in [0.25, 0.3) is 0 Å². The van der Waals surface area contributed by atoms with Gasteiger partial charge in [-0.15, -0.1) is 0 Å². The Morgan fingerprint density at radius 1 is 1.14 bits per heavy atom. The number of anilines is 1. The predicted molar refractivity (Wildman–Crippen MR) is 88.9 cm³/mol. The zero-order valence-electron chi connectivity index (χ0n) is 12.0. The summed E-state index contributed by atoms with van der Waals surface area (Å²) in [5.74, 6) is 1.16. The molecule has 5 heteroatoms. The summed E-state index contributed by atoms with van der Waals surface area (Å²) in [6.07, 6.45) is 0. The van der Waals surface area contributed by atoms with Crippen molar-refractivity contribution < 1.29 is 4.79 Å². The van der Waals surface area contributed by atoms with Gasteiger partial charge < -0.3 is 9.80 Å². The van der Waals surface area contributed by atoms with E-state index in [9.17, 15) is 4.79 Å². The van der Waals surface area contributed by atoms with E-state index in [1.807, 2.05) is 30.0 Å². The smallest absolute Gasteiger partial charge is 0.236 e. The van der Waals surface area contributed by atoms with E-state index in [4.69, 9.17) is 4.98 Å². The first-order valence-corrected chi connectivity index (χ1v) is 8.10. The number of carbonyl (C=O) groups is 1. The van der Waals surface area contributed by atoms with Crippen molar-refractivity contribution in [2.75, 3.05) is 31.1 Å². The highest BCUT2D eigenvalue weighted by atomic mass is 79.9. The van der Waals surface area contributed by atoms with Gasteiger partial charge in [-0.05, 0) is 25.1 Å². The highest BCUT2D eigenvalue weighted by Crippen LogP contribution is 2.19. The number of aromatic nitrogens is 1. The molecule has 0 spiro atoms. The number of rotatable bonds is 2. The lowest BCUT2D eigenvalue weighted by Gasteiger charge is -2.36. The van der Waals surface area contributed by atoms with Gasteiger partial charge in [0.1, 0.15) is 5.82 Å². The largest absolute Gasteiger partial charge is 0.353 e. The van der Waals surface area contributed by atoms with E-state index in [1.165, 1.54) is 0 Å². The summed E-state index contributed by atoms with van der Waals surface area (Å²) < 4.78 is 0. The monoisotopic (exact) mass is 347 g/mol. The molecule has 1 fully saturated rings. The first-order chi connectivity index (χ1) is 10.1. The normalized spacial score (nSPS) is 17.0. The van der Waals surface area contributed by atoms with Crippen molar-refractivity contribution in [2.24, 2.45) is 0 Å². The number of pyridine rings is 1. The molecule has 0 bridgehead atoms. The van der Waals surface area contributed by atoms with Crippen molar-refractivity contribution >= 4 is 38.6 Å². The molecule has 21 heavy (non-hydrogen) atoms. The summed E-state index contributed by atoms with van der Waals surface area (Å²) in [5, 5.41) is 1.16. The third-order valence-corrected chi connectivity index (χ3v) is 4.23. The second-order valence-corrected chi connectivity index (χ2v) is 6.66. The van der Waals surface area contributed by atoms with Crippen LogP contribution in [-0.2, 0) is 4.79 Å². The van der Waals surface area contributed by atoms with Crippen molar-refractivity contribution in [1.82, 2.24) is 9.88 Å². The lowest BCUT2D eigenvalue weighted by molar-refractivity contribution is -0.130. The van der Waals surface area contributed by atoms with Crippen LogP contribution in [0.25, 0.3) is 10.9 Å². The molecule has 0 saturated carbocycles. The molecule has 1 atom stereocenters. The fraction of sp³-hybridized carbons (Fsp3) is 0.375. The van der Waals surface area contributed by atoms with Crippen LogP contribution in [0.1, 0.15) is 6.92 Å². The number of piperazine rings is 1. The molecule has 0 N–H and O–H groups in total. The van der Waals surface area contributed by atoms with Gasteiger partial charge in [0, 0.05) is 31.6 Å². The zero-order valence-corrected chi connectivity index (χ0v) is 13.6. The van der Waals surface area contributed by atoms with E-state index in [0.29, 0.717) is 0 Å². The molecule has 1 saturated heterocycles. The molecule has 2 aromatic rings. The van der Waals surface area contributed by atoms with Crippen LogP contribution in [0.4, 0.5) is 5.82 Å². The van der Waals surface area contributed by atoms with Gasteiger partial charge >= 0.3 is 0 Å². The van der Waals surface area contributed by atoms with E-state index in [0.717, 1.165) is 42.9 Å². The Bertz CT molecular complexity index is 651. The topological polar surface area (TPSA) is 36.4 Å². The van der Waals surface area contributed by atoms with Crippen LogP contribution in [0.15, 0.2) is 36.4 Å². The fourth-order valence-corrected chi connectivity index (χ4v) is 2.93. The molecule has 1 aliphatic heterocycles. The second kappa shape index (κ2) is 6.02. The number of hydrogen-bond donors (Lipinski definition) is 0. The van der Waals surface area contributed by atoms with Crippen LogP contribution in [0.5, 0.6) is 0 Å². The molecule has 1 aliphatic rings. The minimum atomic E-state index is -0.108. The van der Waals surface area contributed by atoms with Gasteiger partial charge in [0.15, 0.2) is 0 Å². The first kappa shape index (κ1) is 14.3. The molecule has 4 nitrogen and oxygen atoms in total. The van der Waals surface area contributed by atoms with Gasteiger partial charge in [-0.25, -0.2) is 4.98 Å². The number of halogens is 1. The maximum atomic E-state index is 12.0. The summed E-state index contributed by atoms with van der Waals surface area (Å²) in [4.78, 5) is 20.7. The average molecular weight is 348 g/mol. The first-order valence-electron chi connectivity index (χ1n) is 7.19. The van der Waals surface area contributed by atoms with E-state index >= 15 is 0 Å². The van der Waals surface area contributed by atoms with E-state index in [-0.39, 0.29) is 10.7 Å². The Morgan fingerprint density at radius 3 is 2.57 bits per heavy atom. The third-order valence-electron chi connectivity index (χ3n) is 3.84. The molecule has 2 heterocycles. The van der Waals surface area contributed by atoms with E-state index in [2.05, 4.69) is 39.0 Å². The molecular weight excluding hydrogens is 330 g/mol. The number of fused-ring (bicyclic) bond motifs is 1. The highest BCUT2D eigenvalue weighted by Gasteiger charge is 2.24. The van der Waals surface area contributed by atoms with E-state index < -0.39 is 0 Å². The lowest BCUT2D eigenvalue weighted by atomic mass is 10.2. The van der Waals surface area contributed by atoms with Crippen LogP contribution in [0.3, 0.4) is 0 Å². The van der Waals surface area contributed by atoms with Crippen LogP contribution in [-0.4, -0.2) is 46.8 Å². The summed E-state index contributed by atoms with van der Waals surface area (Å²) in [5.41, 5.74) is 1.02. The van der Waals surface area contributed by atoms with E-state index in [1.54, 1.807) is 0 Å². The van der Waals surface area contributed by atoms with Crippen molar-refractivity contribution in [3.05, 3.63) is 36.4 Å². The number of nitrogens with zero attached hydrogens (tertiary/aromatic N) is 3. The average Bonchev–Trinajstić information content (AvgIpc) is 2.54. The third kappa shape index (κ3) is 3.02. The van der Waals surface area contributed by atoms with Gasteiger partial charge in [-0.3, -0.25) is 4.79 Å². The molecule has 1 amide bonds. The number of carbonyl (C=O) groups excluding carboxylic acids is 1. The molecule has 3 rings (SSSR count). The number of hydrogen-bond acceptors (Lipinski definition) is 3. The zero-order chi connectivity index (χ0) is 14.8. The maximum absolute atomic E-state index is 12.0. The van der Waals surface area contributed by atoms with Gasteiger partial charge in [0.2, 0.25) is 5.91 Å². The van der Waals surface area contributed by atoms with Crippen LogP contribution in [0, 0.1) is 0 Å².